The summed E-state index contributed by atoms with van der Waals surface area (Å²) in [6.45, 7) is 11.4. The van der Waals surface area contributed by atoms with Crippen LogP contribution in [0.2, 0.25) is 0 Å². The molecule has 0 aromatic heterocycles. The van der Waals surface area contributed by atoms with Gasteiger partial charge in [0.15, 0.2) is 0 Å². The maximum atomic E-state index is 5.87. The molecule has 4 saturated heterocycles. The highest BCUT2D eigenvalue weighted by Crippen LogP contribution is 2.38. The standard InChI is InChI=1S/C22H34N4O/c1-23-9-7-20(8-10-23)25-17-22(18-25)16-24(13-19-5-3-2-4-6-19)14-21-15-27-12-11-26(21)22/h2-6,20-21H,7-18H2,1H3. The van der Waals surface area contributed by atoms with Gasteiger partial charge in [-0.2, -0.15) is 0 Å². The van der Waals surface area contributed by atoms with Crippen molar-refractivity contribution in [1.82, 2.24) is 19.6 Å². The molecule has 1 atom stereocenters. The van der Waals surface area contributed by atoms with Gasteiger partial charge in [-0.15, -0.1) is 0 Å². The van der Waals surface area contributed by atoms with Crippen molar-refractivity contribution in [2.24, 2.45) is 0 Å². The first-order valence-corrected chi connectivity index (χ1v) is 10.8. The number of nitrogens with zero attached hydrogens (tertiary/aromatic N) is 4. The van der Waals surface area contributed by atoms with E-state index in [4.69, 9.17) is 4.74 Å². The lowest BCUT2D eigenvalue weighted by atomic mass is 9.80. The van der Waals surface area contributed by atoms with Crippen LogP contribution in [0.5, 0.6) is 0 Å². The van der Waals surface area contributed by atoms with Crippen LogP contribution in [-0.2, 0) is 11.3 Å². The van der Waals surface area contributed by atoms with Crippen molar-refractivity contribution in [3.63, 3.8) is 0 Å². The van der Waals surface area contributed by atoms with Crippen molar-refractivity contribution in [3.8, 4) is 0 Å². The van der Waals surface area contributed by atoms with Gasteiger partial charge in [0.05, 0.1) is 18.8 Å². The summed E-state index contributed by atoms with van der Waals surface area (Å²) >= 11 is 0. The molecule has 1 aromatic rings. The Balaban J connectivity index is 1.28. The van der Waals surface area contributed by atoms with Crippen molar-refractivity contribution in [2.75, 3.05) is 66.1 Å². The number of piperidine rings is 1. The van der Waals surface area contributed by atoms with Gasteiger partial charge in [-0.05, 0) is 38.5 Å². The molecule has 0 amide bonds. The second kappa shape index (κ2) is 7.45. The van der Waals surface area contributed by atoms with Gasteiger partial charge in [0, 0.05) is 51.4 Å². The molecule has 148 valence electrons. The van der Waals surface area contributed by atoms with Crippen molar-refractivity contribution < 1.29 is 4.74 Å². The number of morpholine rings is 1. The minimum atomic E-state index is 0.352. The van der Waals surface area contributed by atoms with Crippen LogP contribution < -0.4 is 0 Å². The van der Waals surface area contributed by atoms with Crippen molar-refractivity contribution in [2.45, 2.75) is 37.0 Å². The molecule has 0 N–H and O–H groups in total. The first-order valence-electron chi connectivity index (χ1n) is 10.8. The predicted molar refractivity (Wildman–Crippen MR) is 108 cm³/mol. The molecule has 27 heavy (non-hydrogen) atoms. The summed E-state index contributed by atoms with van der Waals surface area (Å²) in [7, 11) is 2.26. The van der Waals surface area contributed by atoms with E-state index in [0.29, 0.717) is 11.6 Å². The summed E-state index contributed by atoms with van der Waals surface area (Å²) in [5.74, 6) is 0. The molecule has 0 bridgehead atoms. The predicted octanol–water partition coefficient (Wildman–Crippen LogP) is 1.35. The van der Waals surface area contributed by atoms with Crippen LogP contribution in [-0.4, -0.2) is 103 Å². The second-order valence-electron chi connectivity index (χ2n) is 9.24. The Morgan fingerprint density at radius 3 is 2.56 bits per heavy atom. The topological polar surface area (TPSA) is 22.2 Å². The molecule has 5 heteroatoms. The summed E-state index contributed by atoms with van der Waals surface area (Å²) in [5, 5.41) is 0. The van der Waals surface area contributed by atoms with Crippen LogP contribution in [0.25, 0.3) is 0 Å². The largest absolute Gasteiger partial charge is 0.378 e. The number of likely N-dealkylation sites (tertiary alicyclic amines) is 2. The van der Waals surface area contributed by atoms with Crippen LogP contribution in [0.15, 0.2) is 30.3 Å². The second-order valence-corrected chi connectivity index (χ2v) is 9.24. The lowest BCUT2D eigenvalue weighted by Crippen LogP contribution is -2.81. The zero-order valence-electron chi connectivity index (χ0n) is 16.7. The highest BCUT2D eigenvalue weighted by molar-refractivity contribution is 5.17. The van der Waals surface area contributed by atoms with E-state index in [1.54, 1.807) is 0 Å². The number of hydrogen-bond acceptors (Lipinski definition) is 5. The van der Waals surface area contributed by atoms with Crippen molar-refractivity contribution >= 4 is 0 Å². The monoisotopic (exact) mass is 370 g/mol. The Kier molecular flexibility index (Phi) is 4.99. The molecule has 0 radical (unpaired) electrons. The number of fused-ring (bicyclic) bond motifs is 2. The van der Waals surface area contributed by atoms with E-state index >= 15 is 0 Å². The van der Waals surface area contributed by atoms with E-state index in [9.17, 15) is 0 Å². The molecule has 4 heterocycles. The highest BCUT2D eigenvalue weighted by Gasteiger charge is 2.55. The zero-order chi connectivity index (χ0) is 18.3. The molecule has 4 aliphatic rings. The summed E-state index contributed by atoms with van der Waals surface area (Å²) in [4.78, 5) is 10.8. The van der Waals surface area contributed by atoms with Gasteiger partial charge >= 0.3 is 0 Å². The van der Waals surface area contributed by atoms with E-state index in [2.05, 4.69) is 57.0 Å². The normalized spacial score (nSPS) is 30.9. The van der Waals surface area contributed by atoms with Gasteiger partial charge in [-0.25, -0.2) is 0 Å². The molecule has 5 rings (SSSR count). The number of ether oxygens (including phenoxy) is 1. The zero-order valence-corrected chi connectivity index (χ0v) is 16.7. The van der Waals surface area contributed by atoms with Gasteiger partial charge in [-0.3, -0.25) is 14.7 Å². The average molecular weight is 371 g/mol. The Hall–Kier alpha value is -0.980. The molecule has 4 fully saturated rings. The fourth-order valence-electron chi connectivity index (χ4n) is 5.87. The van der Waals surface area contributed by atoms with Crippen molar-refractivity contribution in [1.29, 1.82) is 0 Å². The fraction of sp³-hybridized carbons (Fsp3) is 0.727. The number of rotatable bonds is 3. The van der Waals surface area contributed by atoms with Crippen LogP contribution in [0.3, 0.4) is 0 Å². The quantitative estimate of drug-likeness (QED) is 0.799. The Morgan fingerprint density at radius 2 is 1.78 bits per heavy atom. The smallest absolute Gasteiger partial charge is 0.0635 e. The number of benzene rings is 1. The van der Waals surface area contributed by atoms with Crippen LogP contribution in [0.4, 0.5) is 0 Å². The summed E-state index contributed by atoms with van der Waals surface area (Å²) in [6, 6.07) is 12.3. The minimum absolute atomic E-state index is 0.352. The third-order valence-corrected chi connectivity index (χ3v) is 7.27. The van der Waals surface area contributed by atoms with E-state index in [1.807, 2.05) is 0 Å². The van der Waals surface area contributed by atoms with Gasteiger partial charge in [-0.1, -0.05) is 30.3 Å². The molecule has 1 spiro atoms. The molecule has 0 aliphatic carbocycles. The van der Waals surface area contributed by atoms with Gasteiger partial charge in [0.1, 0.15) is 0 Å². The first kappa shape index (κ1) is 18.1. The molecular weight excluding hydrogens is 336 g/mol. The third-order valence-electron chi connectivity index (χ3n) is 7.27. The first-order chi connectivity index (χ1) is 13.2. The summed E-state index contributed by atoms with van der Waals surface area (Å²) in [6.07, 6.45) is 2.68. The van der Waals surface area contributed by atoms with Crippen LogP contribution in [0.1, 0.15) is 18.4 Å². The van der Waals surface area contributed by atoms with E-state index in [-0.39, 0.29) is 0 Å². The SMILES string of the molecule is CN1CCC(N2CC3(CN(Cc4ccccc4)CC4COCCN43)C2)CC1. The molecule has 4 aliphatic heterocycles. The Bertz CT molecular complexity index is 624. The van der Waals surface area contributed by atoms with Gasteiger partial charge in [0.2, 0.25) is 0 Å². The van der Waals surface area contributed by atoms with E-state index < -0.39 is 0 Å². The Morgan fingerprint density at radius 1 is 1.00 bits per heavy atom. The van der Waals surface area contributed by atoms with E-state index in [0.717, 1.165) is 38.9 Å². The average Bonchev–Trinajstić information content (AvgIpc) is 2.67. The molecule has 1 unspecified atom stereocenters. The molecule has 0 saturated carbocycles. The molecule has 1 aromatic carbocycles. The van der Waals surface area contributed by atoms with Gasteiger partial charge < -0.3 is 9.64 Å². The molecular formula is C22H34N4O. The highest BCUT2D eigenvalue weighted by atomic mass is 16.5. The summed E-state index contributed by atoms with van der Waals surface area (Å²) < 4.78 is 5.87. The lowest BCUT2D eigenvalue weighted by Gasteiger charge is -2.65. The van der Waals surface area contributed by atoms with E-state index in [1.165, 1.54) is 51.1 Å². The maximum Gasteiger partial charge on any atom is 0.0635 e. The minimum Gasteiger partial charge on any atom is -0.378 e. The van der Waals surface area contributed by atoms with Gasteiger partial charge in [0.25, 0.3) is 0 Å². The summed E-state index contributed by atoms with van der Waals surface area (Å²) in [5.41, 5.74) is 1.79. The maximum absolute atomic E-state index is 5.87. The fourth-order valence-corrected chi connectivity index (χ4v) is 5.87. The van der Waals surface area contributed by atoms with Crippen LogP contribution in [0, 0.1) is 0 Å². The van der Waals surface area contributed by atoms with Crippen LogP contribution >= 0.6 is 0 Å². The number of piperazine rings is 1. The Labute approximate surface area is 163 Å². The lowest BCUT2D eigenvalue weighted by molar-refractivity contribution is -0.176. The third kappa shape index (κ3) is 3.56. The van der Waals surface area contributed by atoms with Crippen molar-refractivity contribution in [3.05, 3.63) is 35.9 Å². The molecule has 5 nitrogen and oxygen atoms in total. The number of hydrogen-bond donors (Lipinski definition) is 0.